The van der Waals surface area contributed by atoms with Gasteiger partial charge in [0.25, 0.3) is 0 Å². The largest absolute Gasteiger partial charge is 0.486 e. The minimum Gasteiger partial charge on any atom is -0.486 e. The Morgan fingerprint density at radius 3 is 2.59 bits per heavy atom. The number of rotatable bonds is 5. The van der Waals surface area contributed by atoms with Crippen molar-refractivity contribution in [3.05, 3.63) is 59.2 Å². The van der Waals surface area contributed by atoms with Crippen LogP contribution in [0, 0.1) is 0 Å². The fourth-order valence-corrected chi connectivity index (χ4v) is 2.53. The normalized spacial score (nSPS) is 14.6. The van der Waals surface area contributed by atoms with E-state index in [1.165, 1.54) is 5.56 Å². The topological polar surface area (TPSA) is 50.7 Å². The lowest BCUT2D eigenvalue weighted by atomic mass is 10.1. The number of para-hydroxylation sites is 1. The molecule has 1 aliphatic rings. The van der Waals surface area contributed by atoms with Crippen molar-refractivity contribution < 1.29 is 14.6 Å². The molecular weight excluding hydrogens is 278 g/mol. The Balaban J connectivity index is 1.59. The molecule has 4 heteroatoms. The summed E-state index contributed by atoms with van der Waals surface area (Å²) in [7, 11) is 0. The maximum absolute atomic E-state index is 9.51. The molecule has 1 heterocycles. The monoisotopic (exact) mass is 299 g/mol. The van der Waals surface area contributed by atoms with Gasteiger partial charge in [-0.15, -0.1) is 0 Å². The number of aliphatic hydroxyl groups is 1. The number of benzene rings is 2. The van der Waals surface area contributed by atoms with Crippen LogP contribution in [0.5, 0.6) is 11.5 Å². The van der Waals surface area contributed by atoms with E-state index in [9.17, 15) is 5.11 Å². The number of fused-ring (bicyclic) bond motifs is 1. The van der Waals surface area contributed by atoms with E-state index in [1.807, 2.05) is 36.4 Å². The van der Waals surface area contributed by atoms with Crippen LogP contribution in [0.4, 0.5) is 0 Å². The molecular formula is C18H21NO3. The molecule has 0 bridgehead atoms. The molecule has 0 saturated heterocycles. The third kappa shape index (κ3) is 3.40. The second-order valence-electron chi connectivity index (χ2n) is 5.46. The smallest absolute Gasteiger partial charge is 0.165 e. The molecule has 0 radical (unpaired) electrons. The molecule has 0 saturated carbocycles. The van der Waals surface area contributed by atoms with Crippen LogP contribution in [-0.4, -0.2) is 18.3 Å². The van der Waals surface area contributed by atoms with Gasteiger partial charge in [-0.25, -0.2) is 0 Å². The first-order valence-corrected chi connectivity index (χ1v) is 7.59. The minimum absolute atomic E-state index is 0.421. The highest BCUT2D eigenvalue weighted by molar-refractivity contribution is 5.47. The summed E-state index contributed by atoms with van der Waals surface area (Å²) in [6, 6.07) is 14.0. The number of nitrogens with one attached hydrogen (secondary N) is 1. The molecule has 4 nitrogen and oxygen atoms in total. The number of ether oxygens (including phenoxy) is 2. The van der Waals surface area contributed by atoms with Crippen LogP contribution in [0.3, 0.4) is 0 Å². The molecule has 0 spiro atoms. The first-order chi connectivity index (χ1) is 10.7. The Bertz CT molecular complexity index is 623. The van der Waals surface area contributed by atoms with Gasteiger partial charge in [0.2, 0.25) is 0 Å². The fourth-order valence-electron chi connectivity index (χ4n) is 2.53. The van der Waals surface area contributed by atoms with Crippen LogP contribution in [0.2, 0.25) is 0 Å². The molecule has 0 aromatic heterocycles. The Morgan fingerprint density at radius 2 is 1.82 bits per heavy atom. The van der Waals surface area contributed by atoms with Crippen molar-refractivity contribution in [2.45, 2.75) is 26.1 Å². The average molecular weight is 299 g/mol. The first-order valence-electron chi connectivity index (χ1n) is 7.59. The van der Waals surface area contributed by atoms with E-state index >= 15 is 0 Å². The van der Waals surface area contributed by atoms with Crippen LogP contribution in [0.1, 0.15) is 29.7 Å². The highest BCUT2D eigenvalue weighted by Crippen LogP contribution is 2.33. The van der Waals surface area contributed by atoms with Gasteiger partial charge in [-0.2, -0.15) is 0 Å². The maximum atomic E-state index is 9.51. The molecule has 1 atom stereocenters. The summed E-state index contributed by atoms with van der Waals surface area (Å²) in [6.07, 6.45) is -0.421. The van der Waals surface area contributed by atoms with Crippen molar-refractivity contribution in [2.75, 3.05) is 13.2 Å². The molecule has 0 aliphatic carbocycles. The van der Waals surface area contributed by atoms with Gasteiger partial charge in [-0.1, -0.05) is 36.4 Å². The van der Waals surface area contributed by atoms with E-state index in [-0.39, 0.29) is 0 Å². The van der Waals surface area contributed by atoms with Crippen LogP contribution < -0.4 is 14.8 Å². The lowest BCUT2D eigenvalue weighted by Crippen LogP contribution is -2.19. The molecule has 2 aromatic rings. The van der Waals surface area contributed by atoms with E-state index in [0.29, 0.717) is 13.2 Å². The number of hydrogen-bond acceptors (Lipinski definition) is 4. The molecule has 2 N–H and O–H groups in total. The zero-order chi connectivity index (χ0) is 15.4. The SMILES string of the molecule is C[C@@H](O)c1ccc(CNCc2cccc3c2OCCO3)cc1. The van der Waals surface area contributed by atoms with Crippen molar-refractivity contribution >= 4 is 0 Å². The summed E-state index contributed by atoms with van der Waals surface area (Å²) < 4.78 is 11.3. The van der Waals surface area contributed by atoms with Crippen LogP contribution >= 0.6 is 0 Å². The van der Waals surface area contributed by atoms with E-state index in [1.54, 1.807) is 6.92 Å². The fraction of sp³-hybridized carbons (Fsp3) is 0.333. The Labute approximate surface area is 130 Å². The van der Waals surface area contributed by atoms with Crippen molar-refractivity contribution in [3.8, 4) is 11.5 Å². The zero-order valence-corrected chi connectivity index (χ0v) is 12.7. The van der Waals surface area contributed by atoms with Gasteiger partial charge < -0.3 is 19.9 Å². The van der Waals surface area contributed by atoms with Gasteiger partial charge >= 0.3 is 0 Å². The number of aliphatic hydroxyl groups excluding tert-OH is 1. The summed E-state index contributed by atoms with van der Waals surface area (Å²) >= 11 is 0. The van der Waals surface area contributed by atoms with Crippen molar-refractivity contribution in [3.63, 3.8) is 0 Å². The predicted molar refractivity (Wildman–Crippen MR) is 85.1 cm³/mol. The Hall–Kier alpha value is -2.04. The molecule has 0 amide bonds. The van der Waals surface area contributed by atoms with Crippen molar-refractivity contribution in [2.24, 2.45) is 0 Å². The van der Waals surface area contributed by atoms with Crippen LogP contribution in [-0.2, 0) is 13.1 Å². The quantitative estimate of drug-likeness (QED) is 0.891. The van der Waals surface area contributed by atoms with E-state index < -0.39 is 6.10 Å². The van der Waals surface area contributed by atoms with Crippen LogP contribution in [0.25, 0.3) is 0 Å². The zero-order valence-electron chi connectivity index (χ0n) is 12.7. The standard InChI is InChI=1S/C18H21NO3/c1-13(20)15-7-5-14(6-8-15)11-19-12-16-3-2-4-17-18(16)22-10-9-21-17/h2-8,13,19-20H,9-12H2,1H3/t13-/m1/s1. The first kappa shape index (κ1) is 14.9. The predicted octanol–water partition coefficient (Wildman–Crippen LogP) is 2.80. The van der Waals surface area contributed by atoms with Crippen LogP contribution in [0.15, 0.2) is 42.5 Å². The number of hydrogen-bond donors (Lipinski definition) is 2. The van der Waals surface area contributed by atoms with Gasteiger partial charge in [0.1, 0.15) is 13.2 Å². The summed E-state index contributed by atoms with van der Waals surface area (Å²) in [4.78, 5) is 0. The summed E-state index contributed by atoms with van der Waals surface area (Å²) in [5.41, 5.74) is 3.23. The van der Waals surface area contributed by atoms with E-state index in [4.69, 9.17) is 9.47 Å². The third-order valence-corrected chi connectivity index (χ3v) is 3.75. The second kappa shape index (κ2) is 6.81. The molecule has 0 fully saturated rings. The Kier molecular flexibility index (Phi) is 4.61. The summed E-state index contributed by atoms with van der Waals surface area (Å²) in [6.45, 7) is 4.48. The van der Waals surface area contributed by atoms with Crippen molar-refractivity contribution in [1.29, 1.82) is 0 Å². The average Bonchev–Trinajstić information content (AvgIpc) is 2.55. The van der Waals surface area contributed by atoms with E-state index in [0.717, 1.165) is 35.7 Å². The molecule has 0 unspecified atom stereocenters. The molecule has 116 valence electrons. The highest BCUT2D eigenvalue weighted by atomic mass is 16.6. The van der Waals surface area contributed by atoms with Gasteiger partial charge in [0.05, 0.1) is 6.10 Å². The molecule has 22 heavy (non-hydrogen) atoms. The summed E-state index contributed by atoms with van der Waals surface area (Å²) in [5, 5.41) is 12.9. The second-order valence-corrected chi connectivity index (χ2v) is 5.46. The highest BCUT2D eigenvalue weighted by Gasteiger charge is 2.14. The lowest BCUT2D eigenvalue weighted by molar-refractivity contribution is 0.169. The molecule has 2 aromatic carbocycles. The summed E-state index contributed by atoms with van der Waals surface area (Å²) in [5.74, 6) is 1.68. The van der Waals surface area contributed by atoms with Crippen molar-refractivity contribution in [1.82, 2.24) is 5.32 Å². The molecule has 3 rings (SSSR count). The van der Waals surface area contributed by atoms with Gasteiger partial charge in [-0.3, -0.25) is 0 Å². The van der Waals surface area contributed by atoms with Gasteiger partial charge in [0.15, 0.2) is 11.5 Å². The third-order valence-electron chi connectivity index (χ3n) is 3.75. The van der Waals surface area contributed by atoms with Gasteiger partial charge in [0, 0.05) is 18.7 Å². The minimum atomic E-state index is -0.421. The molecule has 1 aliphatic heterocycles. The lowest BCUT2D eigenvalue weighted by Gasteiger charge is -2.21. The maximum Gasteiger partial charge on any atom is 0.165 e. The Morgan fingerprint density at radius 1 is 1.05 bits per heavy atom. The van der Waals surface area contributed by atoms with E-state index in [2.05, 4.69) is 11.4 Å². The van der Waals surface area contributed by atoms with Gasteiger partial charge in [-0.05, 0) is 24.1 Å².